The molecule has 1 aliphatic heterocycles. The maximum Gasteiger partial charge on any atom is 0.221 e. The van der Waals surface area contributed by atoms with Crippen LogP contribution >= 0.6 is 12.4 Å². The van der Waals surface area contributed by atoms with Crippen molar-refractivity contribution in [1.29, 1.82) is 0 Å². The molecule has 2 rings (SSSR count). The van der Waals surface area contributed by atoms with Crippen LogP contribution in [-0.4, -0.2) is 30.5 Å². The van der Waals surface area contributed by atoms with E-state index in [0.717, 1.165) is 24.5 Å². The summed E-state index contributed by atoms with van der Waals surface area (Å²) in [7, 11) is 0. The smallest absolute Gasteiger partial charge is 0.221 e. The van der Waals surface area contributed by atoms with Gasteiger partial charge in [0.2, 0.25) is 5.91 Å². The van der Waals surface area contributed by atoms with Gasteiger partial charge in [-0.05, 0) is 24.5 Å². The van der Waals surface area contributed by atoms with E-state index in [1.807, 2.05) is 18.3 Å². The van der Waals surface area contributed by atoms with Crippen LogP contribution in [-0.2, 0) is 11.3 Å². The van der Waals surface area contributed by atoms with Crippen molar-refractivity contribution in [3.8, 4) is 0 Å². The lowest BCUT2D eigenvalue weighted by atomic mass is 10.2. The Labute approximate surface area is 120 Å². The zero-order valence-corrected chi connectivity index (χ0v) is 11.8. The third-order valence-corrected chi connectivity index (χ3v) is 3.10. The van der Waals surface area contributed by atoms with Crippen LogP contribution in [0.3, 0.4) is 0 Å². The van der Waals surface area contributed by atoms with Gasteiger partial charge in [0.1, 0.15) is 5.82 Å². The van der Waals surface area contributed by atoms with E-state index in [1.165, 1.54) is 12.8 Å². The van der Waals surface area contributed by atoms with E-state index < -0.39 is 0 Å². The number of carbonyl (C=O) groups excluding carboxylic acids is 1. The minimum atomic E-state index is -0.0129. The van der Waals surface area contributed by atoms with Gasteiger partial charge in [-0.25, -0.2) is 4.98 Å². The number of anilines is 1. The fraction of sp³-hybridized carbons (Fsp3) is 0.538. The molecule has 0 saturated carbocycles. The lowest BCUT2D eigenvalue weighted by molar-refractivity contribution is -0.121. The van der Waals surface area contributed by atoms with E-state index in [-0.39, 0.29) is 18.3 Å². The minimum Gasteiger partial charge on any atom is -0.357 e. The van der Waals surface area contributed by atoms with Crippen molar-refractivity contribution in [2.24, 2.45) is 5.73 Å². The maximum absolute atomic E-state index is 11.3. The summed E-state index contributed by atoms with van der Waals surface area (Å²) in [6.45, 7) is 3.10. The number of hydrogen-bond donors (Lipinski definition) is 2. The van der Waals surface area contributed by atoms with Gasteiger partial charge in [-0.3, -0.25) is 4.79 Å². The number of halogens is 1. The molecule has 0 spiro atoms. The number of nitrogens with zero attached hydrogens (tertiary/aromatic N) is 2. The Morgan fingerprint density at radius 2 is 2.11 bits per heavy atom. The Morgan fingerprint density at radius 1 is 1.37 bits per heavy atom. The number of carbonyl (C=O) groups is 1. The second-order valence-corrected chi connectivity index (χ2v) is 4.53. The highest BCUT2D eigenvalue weighted by Gasteiger charge is 2.12. The summed E-state index contributed by atoms with van der Waals surface area (Å²) in [6, 6.07) is 4.04. The molecule has 1 aliphatic rings. The van der Waals surface area contributed by atoms with Crippen LogP contribution in [0.5, 0.6) is 0 Å². The molecule has 1 saturated heterocycles. The SMILES string of the molecule is Cl.NCCC(=O)NCc1ccc(N2CCCC2)nc1. The van der Waals surface area contributed by atoms with Crippen LogP contribution in [0, 0.1) is 0 Å². The molecule has 1 amide bonds. The highest BCUT2D eigenvalue weighted by molar-refractivity contribution is 5.85. The van der Waals surface area contributed by atoms with Crippen LogP contribution in [0.15, 0.2) is 18.3 Å². The van der Waals surface area contributed by atoms with E-state index in [4.69, 9.17) is 5.73 Å². The molecular formula is C13H21ClN4O. The van der Waals surface area contributed by atoms with Crippen molar-refractivity contribution < 1.29 is 4.79 Å². The normalized spacial score (nSPS) is 14.1. The van der Waals surface area contributed by atoms with Crippen LogP contribution < -0.4 is 16.0 Å². The molecule has 0 unspecified atom stereocenters. The second kappa shape index (κ2) is 7.96. The quantitative estimate of drug-likeness (QED) is 0.848. The van der Waals surface area contributed by atoms with Crippen molar-refractivity contribution in [1.82, 2.24) is 10.3 Å². The average Bonchev–Trinajstić information content (AvgIpc) is 2.91. The lowest BCUT2D eigenvalue weighted by Crippen LogP contribution is -2.25. The third-order valence-electron chi connectivity index (χ3n) is 3.10. The Morgan fingerprint density at radius 3 is 2.68 bits per heavy atom. The zero-order chi connectivity index (χ0) is 12.8. The van der Waals surface area contributed by atoms with Gasteiger partial charge in [0.15, 0.2) is 0 Å². The Balaban J connectivity index is 0.00000180. The third kappa shape index (κ3) is 4.69. The largest absolute Gasteiger partial charge is 0.357 e. The van der Waals surface area contributed by atoms with E-state index in [1.54, 1.807) is 0 Å². The number of rotatable bonds is 5. The van der Waals surface area contributed by atoms with Gasteiger partial charge in [-0.15, -0.1) is 12.4 Å². The number of pyridine rings is 1. The molecule has 2 heterocycles. The maximum atomic E-state index is 11.3. The van der Waals surface area contributed by atoms with Crippen LogP contribution in [0.2, 0.25) is 0 Å². The number of nitrogens with two attached hydrogens (primary N) is 1. The van der Waals surface area contributed by atoms with E-state index in [2.05, 4.69) is 15.2 Å². The van der Waals surface area contributed by atoms with Crippen molar-refractivity contribution in [2.45, 2.75) is 25.8 Å². The van der Waals surface area contributed by atoms with Gasteiger partial charge >= 0.3 is 0 Å². The van der Waals surface area contributed by atoms with Crippen molar-refractivity contribution >= 4 is 24.1 Å². The van der Waals surface area contributed by atoms with Gasteiger partial charge in [-0.2, -0.15) is 0 Å². The highest BCUT2D eigenvalue weighted by atomic mass is 35.5. The molecule has 0 aliphatic carbocycles. The number of aromatic nitrogens is 1. The van der Waals surface area contributed by atoms with Crippen LogP contribution in [0.1, 0.15) is 24.8 Å². The summed E-state index contributed by atoms with van der Waals surface area (Å²) in [5, 5.41) is 2.82. The summed E-state index contributed by atoms with van der Waals surface area (Å²) < 4.78 is 0. The Kier molecular flexibility index (Phi) is 6.59. The first-order chi connectivity index (χ1) is 8.79. The molecule has 0 aromatic carbocycles. The van der Waals surface area contributed by atoms with Crippen LogP contribution in [0.25, 0.3) is 0 Å². The predicted molar refractivity (Wildman–Crippen MR) is 78.5 cm³/mol. The topological polar surface area (TPSA) is 71.2 Å². The number of nitrogens with one attached hydrogen (secondary N) is 1. The molecule has 5 nitrogen and oxygen atoms in total. The fourth-order valence-electron chi connectivity index (χ4n) is 2.07. The van der Waals surface area contributed by atoms with Gasteiger partial charge in [0.25, 0.3) is 0 Å². The summed E-state index contributed by atoms with van der Waals surface area (Å²) in [5.41, 5.74) is 6.33. The fourth-order valence-corrected chi connectivity index (χ4v) is 2.07. The number of hydrogen-bond acceptors (Lipinski definition) is 4. The predicted octanol–water partition coefficient (Wildman–Crippen LogP) is 1.07. The first-order valence-corrected chi connectivity index (χ1v) is 6.46. The molecule has 106 valence electrons. The molecule has 0 radical (unpaired) electrons. The zero-order valence-electron chi connectivity index (χ0n) is 11.0. The van der Waals surface area contributed by atoms with Gasteiger partial charge in [0.05, 0.1) is 0 Å². The Bertz CT molecular complexity index is 390. The van der Waals surface area contributed by atoms with Crippen molar-refractivity contribution in [3.05, 3.63) is 23.9 Å². The van der Waals surface area contributed by atoms with E-state index >= 15 is 0 Å². The molecule has 1 aromatic heterocycles. The minimum absolute atomic E-state index is 0. The molecule has 0 bridgehead atoms. The van der Waals surface area contributed by atoms with Gasteiger partial charge in [-0.1, -0.05) is 6.07 Å². The standard InChI is InChI=1S/C13H20N4O.ClH/c14-6-5-13(18)16-10-11-3-4-12(15-9-11)17-7-1-2-8-17;/h3-4,9H,1-2,5-8,10,14H2,(H,16,18);1H. The van der Waals surface area contributed by atoms with Gasteiger partial charge in [0, 0.05) is 38.8 Å². The molecular weight excluding hydrogens is 264 g/mol. The number of amides is 1. The summed E-state index contributed by atoms with van der Waals surface area (Å²) >= 11 is 0. The second-order valence-electron chi connectivity index (χ2n) is 4.53. The molecule has 19 heavy (non-hydrogen) atoms. The van der Waals surface area contributed by atoms with E-state index in [0.29, 0.717) is 19.5 Å². The van der Waals surface area contributed by atoms with Gasteiger partial charge < -0.3 is 16.0 Å². The molecule has 6 heteroatoms. The highest BCUT2D eigenvalue weighted by Crippen LogP contribution is 2.17. The average molecular weight is 285 g/mol. The molecule has 3 N–H and O–H groups in total. The monoisotopic (exact) mass is 284 g/mol. The molecule has 0 atom stereocenters. The summed E-state index contributed by atoms with van der Waals surface area (Å²) in [6.07, 6.45) is 4.70. The summed E-state index contributed by atoms with van der Waals surface area (Å²) in [5.74, 6) is 1.02. The molecule has 1 aromatic rings. The lowest BCUT2D eigenvalue weighted by Gasteiger charge is -2.16. The van der Waals surface area contributed by atoms with Crippen molar-refractivity contribution in [2.75, 3.05) is 24.5 Å². The first-order valence-electron chi connectivity index (χ1n) is 6.46. The first kappa shape index (κ1) is 15.7. The Hall–Kier alpha value is -1.33. The summed E-state index contributed by atoms with van der Waals surface area (Å²) in [4.78, 5) is 18.0. The van der Waals surface area contributed by atoms with E-state index in [9.17, 15) is 4.79 Å². The molecule has 1 fully saturated rings. The van der Waals surface area contributed by atoms with Crippen LogP contribution in [0.4, 0.5) is 5.82 Å². The van der Waals surface area contributed by atoms with Crippen molar-refractivity contribution in [3.63, 3.8) is 0 Å².